The van der Waals surface area contributed by atoms with Gasteiger partial charge in [-0.1, -0.05) is 22.0 Å². The lowest BCUT2D eigenvalue weighted by Gasteiger charge is -2.24. The number of halogens is 1. The average molecular weight is 331 g/mol. The van der Waals surface area contributed by atoms with Crippen LogP contribution >= 0.6 is 15.9 Å². The molecular formula is C14H19BrO4. The van der Waals surface area contributed by atoms with E-state index >= 15 is 0 Å². The number of hydrogen-bond acceptors (Lipinski definition) is 4. The summed E-state index contributed by atoms with van der Waals surface area (Å²) in [5.74, 6) is 0.892. The molecule has 0 saturated carbocycles. The molecule has 0 aromatic heterocycles. The Bertz CT molecular complexity index is 418. The first-order chi connectivity index (χ1) is 8.99. The molecule has 0 spiro atoms. The zero-order chi connectivity index (χ0) is 14.3. The van der Waals surface area contributed by atoms with Crippen LogP contribution in [0.5, 0.6) is 11.5 Å². The Morgan fingerprint density at radius 1 is 1.32 bits per heavy atom. The number of carbonyl (C=O) groups excluding carboxylic acids is 1. The Labute approximate surface area is 122 Å². The summed E-state index contributed by atoms with van der Waals surface area (Å²) in [5.41, 5.74) is -1.02. The third-order valence-corrected chi connectivity index (χ3v) is 2.62. The second kappa shape index (κ2) is 7.38. The maximum atomic E-state index is 11.7. The van der Waals surface area contributed by atoms with E-state index in [4.69, 9.17) is 14.2 Å². The third-order valence-electron chi connectivity index (χ3n) is 2.29. The van der Waals surface area contributed by atoms with Crippen molar-refractivity contribution in [2.45, 2.75) is 26.4 Å². The predicted octanol–water partition coefficient (Wildman–Crippen LogP) is 3.18. The molecule has 1 aromatic rings. The molecule has 4 nitrogen and oxygen atoms in total. The highest BCUT2D eigenvalue weighted by Gasteiger charge is 2.31. The fourth-order valence-corrected chi connectivity index (χ4v) is 1.59. The summed E-state index contributed by atoms with van der Waals surface area (Å²) in [4.78, 5) is 11.7. The lowest BCUT2D eigenvalue weighted by Crippen LogP contribution is -2.39. The van der Waals surface area contributed by atoms with Gasteiger partial charge >= 0.3 is 5.97 Å². The van der Waals surface area contributed by atoms with Gasteiger partial charge in [-0.25, -0.2) is 4.79 Å². The molecule has 5 heteroatoms. The maximum Gasteiger partial charge on any atom is 0.349 e. The van der Waals surface area contributed by atoms with Crippen LogP contribution in [0.25, 0.3) is 0 Å². The molecule has 0 bridgehead atoms. The van der Waals surface area contributed by atoms with Gasteiger partial charge in [0.1, 0.15) is 11.5 Å². The Kier molecular flexibility index (Phi) is 6.15. The Morgan fingerprint density at radius 2 is 2.00 bits per heavy atom. The topological polar surface area (TPSA) is 44.8 Å². The van der Waals surface area contributed by atoms with Gasteiger partial charge in [-0.15, -0.1) is 0 Å². The van der Waals surface area contributed by atoms with Gasteiger partial charge in [-0.3, -0.25) is 0 Å². The monoisotopic (exact) mass is 330 g/mol. The first-order valence-electron chi connectivity index (χ1n) is 6.14. The number of esters is 1. The van der Waals surface area contributed by atoms with Gasteiger partial charge in [-0.2, -0.15) is 0 Å². The van der Waals surface area contributed by atoms with E-state index in [9.17, 15) is 4.79 Å². The quantitative estimate of drug-likeness (QED) is 0.569. The molecule has 0 radical (unpaired) electrons. The van der Waals surface area contributed by atoms with E-state index in [-0.39, 0.29) is 5.97 Å². The average Bonchev–Trinajstić information content (AvgIpc) is 2.36. The summed E-state index contributed by atoms with van der Waals surface area (Å²) >= 11 is 3.29. The molecule has 0 saturated heterocycles. The van der Waals surface area contributed by atoms with Gasteiger partial charge < -0.3 is 14.2 Å². The van der Waals surface area contributed by atoms with Crippen molar-refractivity contribution >= 4 is 21.9 Å². The fourth-order valence-electron chi connectivity index (χ4n) is 1.43. The maximum absolute atomic E-state index is 11.7. The van der Waals surface area contributed by atoms with E-state index in [1.165, 1.54) is 0 Å². The summed E-state index contributed by atoms with van der Waals surface area (Å²) in [5, 5.41) is 0.756. The Morgan fingerprint density at radius 3 is 2.63 bits per heavy atom. The standard InChI is InChI=1S/C14H19BrO4/c1-4-17-13(16)14(2,3)19-12-7-5-6-11(10-12)18-9-8-15/h5-7,10H,4,8-9H2,1-3H3. The molecule has 0 atom stereocenters. The van der Waals surface area contributed by atoms with Crippen molar-refractivity contribution in [1.82, 2.24) is 0 Å². The van der Waals surface area contributed by atoms with Crippen LogP contribution in [0.2, 0.25) is 0 Å². The minimum absolute atomic E-state index is 0.333. The van der Waals surface area contributed by atoms with Crippen LogP contribution in [-0.4, -0.2) is 30.1 Å². The SMILES string of the molecule is CCOC(=O)C(C)(C)Oc1cccc(OCCBr)c1. The van der Waals surface area contributed by atoms with Crippen molar-refractivity contribution in [1.29, 1.82) is 0 Å². The Hall–Kier alpha value is -1.23. The zero-order valence-electron chi connectivity index (χ0n) is 11.4. The molecule has 0 heterocycles. The largest absolute Gasteiger partial charge is 0.493 e. The molecule has 0 unspecified atom stereocenters. The highest BCUT2D eigenvalue weighted by molar-refractivity contribution is 9.09. The van der Waals surface area contributed by atoms with Gasteiger partial charge in [0.2, 0.25) is 0 Å². The zero-order valence-corrected chi connectivity index (χ0v) is 13.0. The third kappa shape index (κ3) is 5.11. The summed E-state index contributed by atoms with van der Waals surface area (Å²) in [6.07, 6.45) is 0. The summed E-state index contributed by atoms with van der Waals surface area (Å²) < 4.78 is 16.1. The van der Waals surface area contributed by atoms with Gasteiger partial charge in [0, 0.05) is 11.4 Å². The highest BCUT2D eigenvalue weighted by atomic mass is 79.9. The Balaban J connectivity index is 2.72. The van der Waals surface area contributed by atoms with Crippen molar-refractivity contribution in [3.8, 4) is 11.5 Å². The number of alkyl halides is 1. The van der Waals surface area contributed by atoms with E-state index in [0.29, 0.717) is 24.7 Å². The molecule has 0 aliphatic heterocycles. The summed E-state index contributed by atoms with van der Waals surface area (Å²) in [7, 11) is 0. The molecule has 0 aliphatic carbocycles. The number of rotatable bonds is 7. The number of ether oxygens (including phenoxy) is 3. The smallest absolute Gasteiger partial charge is 0.349 e. The molecule has 0 N–H and O–H groups in total. The van der Waals surface area contributed by atoms with Crippen LogP contribution in [-0.2, 0) is 9.53 Å². The minimum Gasteiger partial charge on any atom is -0.493 e. The van der Waals surface area contributed by atoms with Crippen LogP contribution in [0, 0.1) is 0 Å². The lowest BCUT2D eigenvalue weighted by molar-refractivity contribution is -0.158. The lowest BCUT2D eigenvalue weighted by atomic mass is 10.1. The van der Waals surface area contributed by atoms with Gasteiger partial charge in [-0.05, 0) is 32.9 Å². The molecule has 106 valence electrons. The van der Waals surface area contributed by atoms with Crippen LogP contribution in [0.1, 0.15) is 20.8 Å². The number of hydrogen-bond donors (Lipinski definition) is 0. The summed E-state index contributed by atoms with van der Waals surface area (Å²) in [6, 6.07) is 7.19. The fraction of sp³-hybridized carbons (Fsp3) is 0.500. The number of carbonyl (C=O) groups is 1. The van der Waals surface area contributed by atoms with E-state index in [1.807, 2.05) is 12.1 Å². The van der Waals surface area contributed by atoms with Crippen LogP contribution in [0.3, 0.4) is 0 Å². The van der Waals surface area contributed by atoms with Gasteiger partial charge in [0.05, 0.1) is 13.2 Å². The normalized spacial score (nSPS) is 10.9. The molecule has 0 fully saturated rings. The van der Waals surface area contributed by atoms with Crippen molar-refractivity contribution in [2.24, 2.45) is 0 Å². The molecule has 1 aromatic carbocycles. The predicted molar refractivity (Wildman–Crippen MR) is 77.1 cm³/mol. The van der Waals surface area contributed by atoms with Crippen LogP contribution in [0.15, 0.2) is 24.3 Å². The highest BCUT2D eigenvalue weighted by Crippen LogP contribution is 2.24. The van der Waals surface area contributed by atoms with E-state index < -0.39 is 5.60 Å². The van der Waals surface area contributed by atoms with E-state index in [2.05, 4.69) is 15.9 Å². The van der Waals surface area contributed by atoms with Crippen molar-refractivity contribution in [3.05, 3.63) is 24.3 Å². The molecular weight excluding hydrogens is 312 g/mol. The molecule has 0 amide bonds. The first kappa shape index (κ1) is 15.8. The molecule has 0 aliphatic rings. The second-order valence-electron chi connectivity index (χ2n) is 4.35. The molecule has 19 heavy (non-hydrogen) atoms. The summed E-state index contributed by atoms with van der Waals surface area (Å²) in [6.45, 7) is 6.03. The van der Waals surface area contributed by atoms with E-state index in [0.717, 1.165) is 5.33 Å². The molecule has 1 rings (SSSR count). The number of benzene rings is 1. The van der Waals surface area contributed by atoms with Crippen molar-refractivity contribution in [2.75, 3.05) is 18.5 Å². The van der Waals surface area contributed by atoms with Gasteiger partial charge in [0.25, 0.3) is 0 Å². The second-order valence-corrected chi connectivity index (χ2v) is 5.14. The first-order valence-corrected chi connectivity index (χ1v) is 7.27. The van der Waals surface area contributed by atoms with Crippen LogP contribution in [0.4, 0.5) is 0 Å². The van der Waals surface area contributed by atoms with Crippen molar-refractivity contribution < 1.29 is 19.0 Å². The minimum atomic E-state index is -1.02. The van der Waals surface area contributed by atoms with E-state index in [1.54, 1.807) is 32.9 Å². The van der Waals surface area contributed by atoms with Crippen molar-refractivity contribution in [3.63, 3.8) is 0 Å². The van der Waals surface area contributed by atoms with Crippen LogP contribution < -0.4 is 9.47 Å². The van der Waals surface area contributed by atoms with Gasteiger partial charge in [0.15, 0.2) is 5.60 Å².